The third-order valence-electron chi connectivity index (χ3n) is 8.61. The van der Waals surface area contributed by atoms with E-state index in [0.717, 1.165) is 47.3 Å². The summed E-state index contributed by atoms with van der Waals surface area (Å²) in [7, 11) is 0. The summed E-state index contributed by atoms with van der Waals surface area (Å²) < 4.78 is 0. The van der Waals surface area contributed by atoms with Crippen molar-refractivity contribution in [2.45, 2.75) is 127 Å². The molecule has 0 radical (unpaired) electrons. The Hall–Kier alpha value is 0. The molecule has 0 rings (SSSR count). The van der Waals surface area contributed by atoms with Crippen molar-refractivity contribution >= 4 is 0 Å². The molecule has 0 fully saturated rings. The van der Waals surface area contributed by atoms with Gasteiger partial charge in [0.2, 0.25) is 0 Å². The molecular weight excluding hydrogens is 324 g/mol. The zero-order chi connectivity index (χ0) is 21.0. The summed E-state index contributed by atoms with van der Waals surface area (Å²) in [4.78, 5) is 0. The lowest BCUT2D eigenvalue weighted by Crippen LogP contribution is -2.35. The van der Waals surface area contributed by atoms with Crippen LogP contribution >= 0.6 is 0 Å². The first-order chi connectivity index (χ1) is 12.8. The van der Waals surface area contributed by atoms with Crippen LogP contribution in [-0.2, 0) is 0 Å². The van der Waals surface area contributed by atoms with E-state index in [9.17, 15) is 0 Å². The van der Waals surface area contributed by atoms with Gasteiger partial charge in [-0.3, -0.25) is 0 Å². The Balaban J connectivity index is 5.38. The average molecular weight is 381 g/mol. The van der Waals surface area contributed by atoms with Crippen LogP contribution < -0.4 is 0 Å². The molecule has 0 saturated heterocycles. The normalized spacial score (nSPS) is 21.1. The van der Waals surface area contributed by atoms with Gasteiger partial charge in [-0.15, -0.1) is 0 Å². The maximum Gasteiger partial charge on any atom is -0.0357 e. The molecule has 0 aromatic heterocycles. The van der Waals surface area contributed by atoms with Gasteiger partial charge in [0, 0.05) is 0 Å². The van der Waals surface area contributed by atoms with Gasteiger partial charge in [0.25, 0.3) is 0 Å². The van der Waals surface area contributed by atoms with E-state index in [2.05, 4.69) is 69.2 Å². The summed E-state index contributed by atoms with van der Waals surface area (Å²) in [6.07, 6.45) is 12.5. The van der Waals surface area contributed by atoms with Crippen molar-refractivity contribution in [1.82, 2.24) is 0 Å². The van der Waals surface area contributed by atoms with E-state index in [4.69, 9.17) is 0 Å². The van der Waals surface area contributed by atoms with Gasteiger partial charge >= 0.3 is 0 Å². The molecule has 0 aliphatic heterocycles. The van der Waals surface area contributed by atoms with Gasteiger partial charge in [-0.25, -0.2) is 0 Å². The Bertz CT molecular complexity index is 333. The number of rotatable bonds is 16. The maximum absolute atomic E-state index is 2.62. The first-order valence-electron chi connectivity index (χ1n) is 12.8. The molecule has 0 bridgehead atoms. The second-order valence-corrected chi connectivity index (χ2v) is 10.2. The van der Waals surface area contributed by atoms with Gasteiger partial charge < -0.3 is 0 Å². The molecule has 0 amide bonds. The van der Waals surface area contributed by atoms with Crippen LogP contribution in [0.1, 0.15) is 127 Å². The molecule has 0 N–H and O–H groups in total. The van der Waals surface area contributed by atoms with E-state index in [1.54, 1.807) is 0 Å². The fourth-order valence-electron chi connectivity index (χ4n) is 5.59. The predicted octanol–water partition coefficient (Wildman–Crippen LogP) is 9.63. The van der Waals surface area contributed by atoms with Crippen LogP contribution in [-0.4, -0.2) is 0 Å². The number of hydrogen-bond donors (Lipinski definition) is 0. The van der Waals surface area contributed by atoms with Gasteiger partial charge in [-0.2, -0.15) is 0 Å². The van der Waals surface area contributed by atoms with Gasteiger partial charge in [0.1, 0.15) is 0 Å². The Morgan fingerprint density at radius 2 is 1.04 bits per heavy atom. The molecule has 0 heterocycles. The zero-order valence-electron chi connectivity index (χ0n) is 21.0. The lowest BCUT2D eigenvalue weighted by atomic mass is 9.64. The van der Waals surface area contributed by atoms with Crippen LogP contribution in [0, 0.1) is 47.3 Å². The van der Waals surface area contributed by atoms with Crippen LogP contribution in [0.2, 0.25) is 0 Å². The molecule has 8 atom stereocenters. The third kappa shape index (κ3) is 8.91. The first kappa shape index (κ1) is 27.0. The summed E-state index contributed by atoms with van der Waals surface area (Å²) >= 11 is 0. The molecule has 0 aliphatic rings. The minimum atomic E-state index is 0.831. The van der Waals surface area contributed by atoms with Crippen molar-refractivity contribution in [3.8, 4) is 0 Å². The van der Waals surface area contributed by atoms with Crippen molar-refractivity contribution < 1.29 is 0 Å². The quantitative estimate of drug-likeness (QED) is 0.234. The van der Waals surface area contributed by atoms with Gasteiger partial charge in [-0.05, 0) is 53.8 Å². The van der Waals surface area contributed by atoms with Crippen LogP contribution in [0.25, 0.3) is 0 Å². The summed E-state index contributed by atoms with van der Waals surface area (Å²) in [5, 5.41) is 0. The van der Waals surface area contributed by atoms with E-state index in [1.807, 2.05) is 0 Å². The molecule has 0 aliphatic carbocycles. The minimum Gasteiger partial charge on any atom is -0.0654 e. The summed E-state index contributed by atoms with van der Waals surface area (Å²) in [6.45, 7) is 24.8. The SMILES string of the molecule is CCCCCCC(C(C)C(C)C(C)C(C)CC)C(C)C(CCC)C(C)CC. The van der Waals surface area contributed by atoms with Crippen LogP contribution in [0.5, 0.6) is 0 Å². The standard InChI is InChI=1S/C27H56/c1-11-15-16-17-19-27(24(9)23(8)22(7)20(5)13-3)25(10)26(18-12-2)21(6)14-4/h20-27H,11-19H2,1-10H3. The van der Waals surface area contributed by atoms with Gasteiger partial charge in [0.05, 0.1) is 0 Å². The highest BCUT2D eigenvalue weighted by atomic mass is 14.4. The van der Waals surface area contributed by atoms with Gasteiger partial charge in [-0.1, -0.05) is 121 Å². The summed E-state index contributed by atoms with van der Waals surface area (Å²) in [5.74, 6) is 6.89. The highest BCUT2D eigenvalue weighted by Gasteiger charge is 2.35. The molecule has 0 spiro atoms. The van der Waals surface area contributed by atoms with E-state index in [0.29, 0.717) is 0 Å². The summed E-state index contributed by atoms with van der Waals surface area (Å²) in [6, 6.07) is 0. The van der Waals surface area contributed by atoms with Crippen LogP contribution in [0.15, 0.2) is 0 Å². The van der Waals surface area contributed by atoms with Gasteiger partial charge in [0.15, 0.2) is 0 Å². The first-order valence-corrected chi connectivity index (χ1v) is 12.8. The topological polar surface area (TPSA) is 0 Å². The van der Waals surface area contributed by atoms with E-state index in [1.165, 1.54) is 57.8 Å². The Labute approximate surface area is 174 Å². The smallest absolute Gasteiger partial charge is 0.0357 e. The number of unbranched alkanes of at least 4 members (excludes halogenated alkanes) is 3. The Morgan fingerprint density at radius 3 is 1.52 bits per heavy atom. The predicted molar refractivity (Wildman–Crippen MR) is 126 cm³/mol. The zero-order valence-corrected chi connectivity index (χ0v) is 21.0. The van der Waals surface area contributed by atoms with Crippen LogP contribution in [0.3, 0.4) is 0 Å². The summed E-state index contributed by atoms with van der Waals surface area (Å²) in [5.41, 5.74) is 0. The molecule has 0 aromatic rings. The fourth-order valence-corrected chi connectivity index (χ4v) is 5.59. The lowest BCUT2D eigenvalue weighted by molar-refractivity contribution is 0.0724. The Kier molecular flexibility index (Phi) is 14.9. The van der Waals surface area contributed by atoms with Crippen molar-refractivity contribution in [3.05, 3.63) is 0 Å². The van der Waals surface area contributed by atoms with E-state index in [-0.39, 0.29) is 0 Å². The molecule has 164 valence electrons. The largest absolute Gasteiger partial charge is 0.0654 e. The molecule has 0 aromatic carbocycles. The molecule has 27 heavy (non-hydrogen) atoms. The van der Waals surface area contributed by atoms with E-state index >= 15 is 0 Å². The number of hydrogen-bond acceptors (Lipinski definition) is 0. The second kappa shape index (κ2) is 14.9. The van der Waals surface area contributed by atoms with Crippen molar-refractivity contribution in [2.75, 3.05) is 0 Å². The fraction of sp³-hybridized carbons (Fsp3) is 1.00. The Morgan fingerprint density at radius 1 is 0.444 bits per heavy atom. The lowest BCUT2D eigenvalue weighted by Gasteiger charge is -2.42. The highest BCUT2D eigenvalue weighted by molar-refractivity contribution is 4.84. The third-order valence-corrected chi connectivity index (χ3v) is 8.61. The molecule has 0 nitrogen and oxygen atoms in total. The monoisotopic (exact) mass is 380 g/mol. The maximum atomic E-state index is 2.62. The second-order valence-electron chi connectivity index (χ2n) is 10.2. The van der Waals surface area contributed by atoms with Crippen LogP contribution in [0.4, 0.5) is 0 Å². The van der Waals surface area contributed by atoms with Crippen molar-refractivity contribution in [1.29, 1.82) is 0 Å². The highest BCUT2D eigenvalue weighted by Crippen LogP contribution is 2.43. The van der Waals surface area contributed by atoms with Crippen molar-refractivity contribution in [2.24, 2.45) is 47.3 Å². The molecule has 8 unspecified atom stereocenters. The van der Waals surface area contributed by atoms with E-state index < -0.39 is 0 Å². The average Bonchev–Trinajstić information content (AvgIpc) is 2.68. The van der Waals surface area contributed by atoms with Crippen molar-refractivity contribution in [3.63, 3.8) is 0 Å². The molecular formula is C27H56. The molecule has 0 heteroatoms. The minimum absolute atomic E-state index is 0.831. The molecule has 0 saturated carbocycles.